The van der Waals surface area contributed by atoms with Crippen LogP contribution in [-0.4, -0.2) is 19.2 Å². The molecular formula is C15H18ClNO2. The summed E-state index contributed by atoms with van der Waals surface area (Å²) in [5, 5.41) is 3.93. The quantitative estimate of drug-likeness (QED) is 0.878. The number of likely N-dealkylation sites (N-methyl/N-ethyl adjacent to an activating group) is 1. The van der Waals surface area contributed by atoms with E-state index >= 15 is 0 Å². The van der Waals surface area contributed by atoms with Gasteiger partial charge in [0.15, 0.2) is 0 Å². The summed E-state index contributed by atoms with van der Waals surface area (Å²) >= 11 is 5.95. The Kier molecular flexibility index (Phi) is 4.88. The summed E-state index contributed by atoms with van der Waals surface area (Å²) in [6.45, 7) is 2.03. The van der Waals surface area contributed by atoms with Gasteiger partial charge in [-0.25, -0.2) is 0 Å². The number of nitrogens with one attached hydrogen (secondary N) is 1. The zero-order valence-corrected chi connectivity index (χ0v) is 11.9. The van der Waals surface area contributed by atoms with Crippen LogP contribution in [0.5, 0.6) is 5.75 Å². The first-order valence-corrected chi connectivity index (χ1v) is 6.68. The lowest BCUT2D eigenvalue weighted by molar-refractivity contribution is 0.170. The molecule has 102 valence electrons. The van der Waals surface area contributed by atoms with E-state index in [0.29, 0.717) is 5.02 Å². The number of ether oxygens (including phenoxy) is 1. The van der Waals surface area contributed by atoms with Crippen LogP contribution in [0.2, 0.25) is 5.02 Å². The number of halogens is 1. The molecule has 2 rings (SSSR count). The Labute approximate surface area is 118 Å². The van der Waals surface area contributed by atoms with Crippen molar-refractivity contribution >= 4 is 11.6 Å². The van der Waals surface area contributed by atoms with Crippen molar-refractivity contribution in [3.8, 4) is 5.75 Å². The number of rotatable bonds is 6. The first-order chi connectivity index (χ1) is 9.19. The predicted molar refractivity (Wildman–Crippen MR) is 76.8 cm³/mol. The van der Waals surface area contributed by atoms with E-state index in [1.807, 2.05) is 50.4 Å². The van der Waals surface area contributed by atoms with E-state index in [2.05, 4.69) is 5.32 Å². The Morgan fingerprint density at radius 1 is 1.32 bits per heavy atom. The van der Waals surface area contributed by atoms with Crippen molar-refractivity contribution in [1.82, 2.24) is 5.32 Å². The molecule has 1 N–H and O–H groups in total. The molecule has 0 saturated heterocycles. The molecule has 1 heterocycles. The summed E-state index contributed by atoms with van der Waals surface area (Å²) in [4.78, 5) is 0. The van der Waals surface area contributed by atoms with Gasteiger partial charge in [0, 0.05) is 11.4 Å². The fourth-order valence-corrected chi connectivity index (χ4v) is 2.17. The minimum Gasteiger partial charge on any atom is -0.489 e. The summed E-state index contributed by atoms with van der Waals surface area (Å²) in [5.74, 6) is 1.72. The number of benzene rings is 1. The zero-order chi connectivity index (χ0) is 13.7. The molecule has 19 heavy (non-hydrogen) atoms. The first-order valence-electron chi connectivity index (χ1n) is 6.31. The maximum absolute atomic E-state index is 5.95. The lowest BCUT2D eigenvalue weighted by atomic mass is 10.1. The molecule has 0 bridgehead atoms. The molecular weight excluding hydrogens is 262 g/mol. The summed E-state index contributed by atoms with van der Waals surface area (Å²) in [6.07, 6.45) is 2.48. The third-order valence-corrected chi connectivity index (χ3v) is 3.29. The van der Waals surface area contributed by atoms with E-state index in [1.54, 1.807) is 6.26 Å². The van der Waals surface area contributed by atoms with Crippen molar-refractivity contribution in [2.45, 2.75) is 25.5 Å². The lowest BCUT2D eigenvalue weighted by Crippen LogP contribution is -2.41. The van der Waals surface area contributed by atoms with Crippen molar-refractivity contribution in [3.05, 3.63) is 53.4 Å². The molecule has 2 unspecified atom stereocenters. The first kappa shape index (κ1) is 14.0. The molecule has 3 nitrogen and oxygen atoms in total. The molecule has 1 aromatic heterocycles. The van der Waals surface area contributed by atoms with Crippen LogP contribution in [0.1, 0.15) is 12.7 Å². The molecule has 1 aromatic carbocycles. The fourth-order valence-electron chi connectivity index (χ4n) is 1.99. The molecule has 0 amide bonds. The van der Waals surface area contributed by atoms with Gasteiger partial charge in [-0.3, -0.25) is 0 Å². The zero-order valence-electron chi connectivity index (χ0n) is 11.1. The van der Waals surface area contributed by atoms with Crippen LogP contribution in [0, 0.1) is 0 Å². The normalized spacial score (nSPS) is 14.1. The minimum absolute atomic E-state index is 0.00793. The minimum atomic E-state index is 0.00793. The second kappa shape index (κ2) is 6.64. The van der Waals surface area contributed by atoms with Gasteiger partial charge < -0.3 is 14.5 Å². The van der Waals surface area contributed by atoms with Crippen LogP contribution in [-0.2, 0) is 6.42 Å². The molecule has 2 atom stereocenters. The second-order valence-corrected chi connectivity index (χ2v) is 4.90. The van der Waals surface area contributed by atoms with Crippen LogP contribution in [0.3, 0.4) is 0 Å². The molecule has 0 spiro atoms. The van der Waals surface area contributed by atoms with Gasteiger partial charge in [0.1, 0.15) is 17.6 Å². The highest BCUT2D eigenvalue weighted by molar-refractivity contribution is 6.30. The third-order valence-electron chi connectivity index (χ3n) is 3.06. The number of hydrogen-bond acceptors (Lipinski definition) is 3. The van der Waals surface area contributed by atoms with Crippen molar-refractivity contribution in [3.63, 3.8) is 0 Å². The van der Waals surface area contributed by atoms with Crippen molar-refractivity contribution in [2.75, 3.05) is 7.05 Å². The molecule has 2 aromatic rings. The molecule has 0 fully saturated rings. The van der Waals surface area contributed by atoms with Gasteiger partial charge in [-0.1, -0.05) is 17.7 Å². The number of hydrogen-bond donors (Lipinski definition) is 1. The maximum Gasteiger partial charge on any atom is 0.121 e. The smallest absolute Gasteiger partial charge is 0.121 e. The summed E-state index contributed by atoms with van der Waals surface area (Å²) in [7, 11) is 1.92. The van der Waals surface area contributed by atoms with Gasteiger partial charge in [-0.05, 0) is 44.3 Å². The summed E-state index contributed by atoms with van der Waals surface area (Å²) in [6, 6.07) is 11.5. The summed E-state index contributed by atoms with van der Waals surface area (Å²) < 4.78 is 11.3. The van der Waals surface area contributed by atoms with Crippen LogP contribution >= 0.6 is 11.6 Å². The predicted octanol–water partition coefficient (Wildman–Crippen LogP) is 3.53. The van der Waals surface area contributed by atoms with E-state index in [-0.39, 0.29) is 12.1 Å². The standard InChI is InChI=1S/C15H18ClNO2/c1-11(19-14-6-3-5-12(16)9-14)15(17-2)10-13-7-4-8-18-13/h3-9,11,15,17H,10H2,1-2H3. The fraction of sp³-hybridized carbons (Fsp3) is 0.333. The van der Waals surface area contributed by atoms with Gasteiger partial charge in [-0.15, -0.1) is 0 Å². The van der Waals surface area contributed by atoms with Crippen molar-refractivity contribution < 1.29 is 9.15 Å². The van der Waals surface area contributed by atoms with Gasteiger partial charge >= 0.3 is 0 Å². The largest absolute Gasteiger partial charge is 0.489 e. The molecule has 0 saturated carbocycles. The van der Waals surface area contributed by atoms with Crippen LogP contribution in [0.15, 0.2) is 47.1 Å². The molecule has 0 aliphatic heterocycles. The summed E-state index contributed by atoms with van der Waals surface area (Å²) in [5.41, 5.74) is 0. The second-order valence-electron chi connectivity index (χ2n) is 4.46. The lowest BCUT2D eigenvalue weighted by Gasteiger charge is -2.24. The van der Waals surface area contributed by atoms with E-state index in [4.69, 9.17) is 20.8 Å². The van der Waals surface area contributed by atoms with Crippen molar-refractivity contribution in [1.29, 1.82) is 0 Å². The highest BCUT2D eigenvalue weighted by Crippen LogP contribution is 2.19. The average Bonchev–Trinajstić information content (AvgIpc) is 2.88. The Hall–Kier alpha value is -1.45. The highest BCUT2D eigenvalue weighted by Gasteiger charge is 2.18. The SMILES string of the molecule is CNC(Cc1ccco1)C(C)Oc1cccc(Cl)c1. The molecule has 4 heteroatoms. The van der Waals surface area contributed by atoms with Crippen LogP contribution in [0.4, 0.5) is 0 Å². The number of furan rings is 1. The van der Waals surface area contributed by atoms with Crippen LogP contribution in [0.25, 0.3) is 0 Å². The molecule has 0 radical (unpaired) electrons. The van der Waals surface area contributed by atoms with Crippen molar-refractivity contribution in [2.24, 2.45) is 0 Å². The van der Waals surface area contributed by atoms with E-state index in [1.165, 1.54) is 0 Å². The van der Waals surface area contributed by atoms with E-state index in [9.17, 15) is 0 Å². The Morgan fingerprint density at radius 2 is 2.16 bits per heavy atom. The molecule has 0 aliphatic carbocycles. The maximum atomic E-state index is 5.95. The Bertz CT molecular complexity index is 499. The Morgan fingerprint density at radius 3 is 2.79 bits per heavy atom. The average molecular weight is 280 g/mol. The van der Waals surface area contributed by atoms with E-state index in [0.717, 1.165) is 17.9 Å². The van der Waals surface area contributed by atoms with Gasteiger partial charge in [0.2, 0.25) is 0 Å². The van der Waals surface area contributed by atoms with Gasteiger partial charge in [0.25, 0.3) is 0 Å². The molecule has 0 aliphatic rings. The Balaban J connectivity index is 1.98. The highest BCUT2D eigenvalue weighted by atomic mass is 35.5. The topological polar surface area (TPSA) is 34.4 Å². The van der Waals surface area contributed by atoms with Gasteiger partial charge in [0.05, 0.1) is 12.3 Å². The van der Waals surface area contributed by atoms with Crippen LogP contribution < -0.4 is 10.1 Å². The monoisotopic (exact) mass is 279 g/mol. The third kappa shape index (κ3) is 4.01. The van der Waals surface area contributed by atoms with E-state index < -0.39 is 0 Å². The van der Waals surface area contributed by atoms with Gasteiger partial charge in [-0.2, -0.15) is 0 Å².